The van der Waals surface area contributed by atoms with E-state index >= 15 is 0 Å². The van der Waals surface area contributed by atoms with E-state index in [4.69, 9.17) is 0 Å². The fourth-order valence-corrected chi connectivity index (χ4v) is 4.00. The maximum atomic E-state index is 12.8. The minimum Gasteiger partial charge on any atom is -0.478 e. The lowest BCUT2D eigenvalue weighted by Crippen LogP contribution is -2.08. The van der Waals surface area contributed by atoms with Gasteiger partial charge in [0.15, 0.2) is 17.4 Å². The maximum absolute atomic E-state index is 12.8. The van der Waals surface area contributed by atoms with E-state index in [1.807, 2.05) is 41.9 Å². The molecule has 4 aromatic rings. The zero-order chi connectivity index (χ0) is 25.5. The molecule has 0 saturated carbocycles. The van der Waals surface area contributed by atoms with Crippen molar-refractivity contribution < 1.29 is 14.7 Å². The van der Waals surface area contributed by atoms with Gasteiger partial charge in [-0.3, -0.25) is 4.79 Å². The van der Waals surface area contributed by atoms with Crippen LogP contribution in [-0.2, 0) is 13.6 Å². The van der Waals surface area contributed by atoms with Crippen LogP contribution in [0.2, 0.25) is 0 Å². The van der Waals surface area contributed by atoms with Gasteiger partial charge in [-0.1, -0.05) is 31.2 Å². The van der Waals surface area contributed by atoms with Gasteiger partial charge >= 0.3 is 5.97 Å². The van der Waals surface area contributed by atoms with Crippen molar-refractivity contribution in [3.8, 4) is 11.5 Å². The van der Waals surface area contributed by atoms with E-state index in [0.717, 1.165) is 29.9 Å². The van der Waals surface area contributed by atoms with Gasteiger partial charge in [0.1, 0.15) is 12.0 Å². The minimum atomic E-state index is -0.932. The molecule has 0 radical (unpaired) electrons. The van der Waals surface area contributed by atoms with E-state index in [1.165, 1.54) is 6.33 Å². The minimum absolute atomic E-state index is 0.0786. The van der Waals surface area contributed by atoms with Gasteiger partial charge in [0.05, 0.1) is 12.1 Å². The molecule has 2 heterocycles. The Hall–Kier alpha value is -4.40. The topological polar surface area (TPSA) is 123 Å². The lowest BCUT2D eigenvalue weighted by Gasteiger charge is -2.12. The molecule has 184 valence electrons. The predicted molar refractivity (Wildman–Crippen MR) is 136 cm³/mol. The summed E-state index contributed by atoms with van der Waals surface area (Å²) >= 11 is 0. The Kier molecular flexibility index (Phi) is 7.79. The van der Waals surface area contributed by atoms with Crippen molar-refractivity contribution in [3.63, 3.8) is 0 Å². The summed E-state index contributed by atoms with van der Waals surface area (Å²) in [6.07, 6.45) is 5.09. The number of rotatable bonds is 11. The quantitative estimate of drug-likeness (QED) is 0.293. The fourth-order valence-electron chi connectivity index (χ4n) is 4.00. The Morgan fingerprint density at radius 1 is 1.06 bits per heavy atom. The molecule has 1 unspecified atom stereocenters. The van der Waals surface area contributed by atoms with Gasteiger partial charge < -0.3 is 15.0 Å². The lowest BCUT2D eigenvalue weighted by atomic mass is 9.93. The molecule has 0 aliphatic heterocycles. The van der Waals surface area contributed by atoms with E-state index in [1.54, 1.807) is 30.5 Å². The van der Waals surface area contributed by atoms with Gasteiger partial charge in [0.25, 0.3) is 0 Å². The van der Waals surface area contributed by atoms with Crippen molar-refractivity contribution in [1.29, 1.82) is 0 Å². The first-order valence-corrected chi connectivity index (χ1v) is 11.8. The summed E-state index contributed by atoms with van der Waals surface area (Å²) in [4.78, 5) is 32.2. The van der Waals surface area contributed by atoms with Crippen LogP contribution in [0.4, 0.5) is 5.69 Å². The van der Waals surface area contributed by atoms with Crippen molar-refractivity contribution in [2.45, 2.75) is 38.6 Å². The Bertz CT molecular complexity index is 1350. The van der Waals surface area contributed by atoms with Crippen molar-refractivity contribution in [2.24, 2.45) is 7.05 Å². The summed E-state index contributed by atoms with van der Waals surface area (Å²) in [5.41, 5.74) is 3.43. The Labute approximate surface area is 209 Å². The largest absolute Gasteiger partial charge is 0.478 e. The number of benzene rings is 2. The van der Waals surface area contributed by atoms with Crippen molar-refractivity contribution in [3.05, 3.63) is 89.6 Å². The number of aromatic nitrogens is 5. The SMILES string of the molecule is CC(CCCC(=O)c1cccc(NCc2nnc(-c3ccncn3)n2C)c1)c1cccc(C(=O)O)c1. The standard InChI is InChI=1S/C27H28N6O3/c1-18(19-7-4-9-21(14-19)27(35)36)6-3-11-24(34)20-8-5-10-22(15-20)29-16-25-31-32-26(33(25)2)23-12-13-28-17-30-23/h4-5,7-10,12-15,17-18,29H,3,6,11,16H2,1-2H3,(H,35,36). The van der Waals surface area contributed by atoms with Gasteiger partial charge in [-0.2, -0.15) is 0 Å². The summed E-state index contributed by atoms with van der Waals surface area (Å²) in [6, 6.07) is 16.2. The zero-order valence-corrected chi connectivity index (χ0v) is 20.3. The van der Waals surface area contributed by atoms with Gasteiger partial charge in [0.2, 0.25) is 0 Å². The number of carboxylic acid groups (broad SMARTS) is 1. The second-order valence-electron chi connectivity index (χ2n) is 8.67. The molecule has 2 aromatic heterocycles. The number of ketones is 1. The van der Waals surface area contributed by atoms with Crippen LogP contribution in [0.5, 0.6) is 0 Å². The van der Waals surface area contributed by atoms with Crippen LogP contribution < -0.4 is 5.32 Å². The number of carbonyl (C=O) groups is 2. The molecule has 1 atom stereocenters. The predicted octanol–water partition coefficient (Wildman–Crippen LogP) is 4.74. The molecular formula is C27H28N6O3. The Balaban J connectivity index is 1.31. The van der Waals surface area contributed by atoms with Gasteiger partial charge in [-0.15, -0.1) is 10.2 Å². The Morgan fingerprint density at radius 3 is 2.64 bits per heavy atom. The highest BCUT2D eigenvalue weighted by atomic mass is 16.4. The number of anilines is 1. The second kappa shape index (κ2) is 11.4. The third kappa shape index (κ3) is 5.99. The molecule has 2 aromatic carbocycles. The summed E-state index contributed by atoms with van der Waals surface area (Å²) < 4.78 is 1.87. The number of aromatic carboxylic acids is 1. The van der Waals surface area contributed by atoms with E-state index in [9.17, 15) is 14.7 Å². The van der Waals surface area contributed by atoms with E-state index in [-0.39, 0.29) is 17.3 Å². The average Bonchev–Trinajstić information content (AvgIpc) is 3.28. The van der Waals surface area contributed by atoms with Gasteiger partial charge in [-0.05, 0) is 54.7 Å². The number of nitrogens with zero attached hydrogens (tertiary/aromatic N) is 5. The average molecular weight is 485 g/mol. The zero-order valence-electron chi connectivity index (χ0n) is 20.3. The molecule has 36 heavy (non-hydrogen) atoms. The maximum Gasteiger partial charge on any atom is 0.335 e. The first kappa shape index (κ1) is 24.7. The van der Waals surface area contributed by atoms with Gasteiger partial charge in [-0.25, -0.2) is 14.8 Å². The molecule has 4 rings (SSSR count). The lowest BCUT2D eigenvalue weighted by molar-refractivity contribution is 0.0696. The van der Waals surface area contributed by atoms with Crippen LogP contribution in [0.3, 0.4) is 0 Å². The number of Topliss-reactive ketones (excluding diaryl/α,β-unsaturated/α-hetero) is 1. The van der Waals surface area contributed by atoms with Crippen LogP contribution in [0.15, 0.2) is 67.1 Å². The number of carbonyl (C=O) groups excluding carboxylic acids is 1. The molecule has 0 aliphatic carbocycles. The molecule has 0 saturated heterocycles. The fraction of sp³-hybridized carbons (Fsp3) is 0.259. The smallest absolute Gasteiger partial charge is 0.335 e. The third-order valence-electron chi connectivity index (χ3n) is 6.15. The summed E-state index contributed by atoms with van der Waals surface area (Å²) in [7, 11) is 1.88. The molecule has 2 N–H and O–H groups in total. The van der Waals surface area contributed by atoms with Crippen LogP contribution >= 0.6 is 0 Å². The summed E-state index contributed by atoms with van der Waals surface area (Å²) in [6.45, 7) is 2.50. The van der Waals surface area contributed by atoms with Gasteiger partial charge in [0, 0.05) is 30.9 Å². The summed E-state index contributed by atoms with van der Waals surface area (Å²) in [5, 5.41) is 21.0. The highest BCUT2D eigenvalue weighted by Gasteiger charge is 2.13. The van der Waals surface area contributed by atoms with Crippen molar-refractivity contribution >= 4 is 17.4 Å². The van der Waals surface area contributed by atoms with Crippen molar-refractivity contribution in [1.82, 2.24) is 24.7 Å². The van der Waals surface area contributed by atoms with E-state index in [0.29, 0.717) is 30.0 Å². The number of carboxylic acids is 1. The van der Waals surface area contributed by atoms with Crippen LogP contribution in [0.1, 0.15) is 64.2 Å². The first-order chi connectivity index (χ1) is 17.4. The number of nitrogens with one attached hydrogen (secondary N) is 1. The Morgan fingerprint density at radius 2 is 1.86 bits per heavy atom. The second-order valence-corrected chi connectivity index (χ2v) is 8.67. The number of hydrogen-bond donors (Lipinski definition) is 2. The molecule has 0 aliphatic rings. The van der Waals surface area contributed by atoms with Crippen LogP contribution in [-0.4, -0.2) is 41.6 Å². The van der Waals surface area contributed by atoms with Crippen LogP contribution in [0.25, 0.3) is 11.5 Å². The molecular weight excluding hydrogens is 456 g/mol. The summed E-state index contributed by atoms with van der Waals surface area (Å²) in [5.74, 6) is 0.708. The van der Waals surface area contributed by atoms with E-state index in [2.05, 4.69) is 32.4 Å². The monoisotopic (exact) mass is 484 g/mol. The normalized spacial score (nSPS) is 11.7. The molecule has 9 nitrogen and oxygen atoms in total. The molecule has 9 heteroatoms. The van der Waals surface area contributed by atoms with Crippen LogP contribution in [0, 0.1) is 0 Å². The molecule has 0 fully saturated rings. The molecule has 0 amide bonds. The first-order valence-electron chi connectivity index (χ1n) is 11.8. The third-order valence-corrected chi connectivity index (χ3v) is 6.15. The highest BCUT2D eigenvalue weighted by molar-refractivity contribution is 5.96. The highest BCUT2D eigenvalue weighted by Crippen LogP contribution is 2.23. The molecule has 0 bridgehead atoms. The number of hydrogen-bond acceptors (Lipinski definition) is 7. The molecule has 0 spiro atoms. The van der Waals surface area contributed by atoms with Crippen molar-refractivity contribution in [2.75, 3.05) is 5.32 Å². The van der Waals surface area contributed by atoms with E-state index < -0.39 is 5.97 Å².